The van der Waals surface area contributed by atoms with E-state index >= 15 is 0 Å². The van der Waals surface area contributed by atoms with Crippen LogP contribution in [0.4, 0.5) is 8.78 Å². The van der Waals surface area contributed by atoms with Gasteiger partial charge in [-0.1, -0.05) is 0 Å². The summed E-state index contributed by atoms with van der Waals surface area (Å²) < 4.78 is 53.0. The van der Waals surface area contributed by atoms with Gasteiger partial charge in [-0.25, -0.2) is 17.2 Å². The Morgan fingerprint density at radius 3 is 2.60 bits per heavy atom. The van der Waals surface area contributed by atoms with Gasteiger partial charge in [0.1, 0.15) is 16.5 Å². The number of halogens is 4. The van der Waals surface area contributed by atoms with Crippen molar-refractivity contribution in [3.8, 4) is 0 Å². The number of nitrogens with zero attached hydrogens (tertiary/aromatic N) is 1. The van der Waals surface area contributed by atoms with Crippen LogP contribution in [0.5, 0.6) is 0 Å². The van der Waals surface area contributed by atoms with Gasteiger partial charge in [0.05, 0.1) is 4.47 Å². The summed E-state index contributed by atoms with van der Waals surface area (Å²) in [6.07, 6.45) is 0. The van der Waals surface area contributed by atoms with Gasteiger partial charge in [-0.05, 0) is 35.0 Å². The summed E-state index contributed by atoms with van der Waals surface area (Å²) >= 11 is 2.82. The van der Waals surface area contributed by atoms with Crippen LogP contribution in [0.15, 0.2) is 21.5 Å². The first kappa shape index (κ1) is 17.8. The summed E-state index contributed by atoms with van der Waals surface area (Å²) in [6, 6.07) is 1.24. The smallest absolute Gasteiger partial charge is 0.246 e. The lowest BCUT2D eigenvalue weighted by atomic mass is 10.3. The molecular formula is C11H14BrClF2N2O2S. The highest BCUT2D eigenvalue weighted by Crippen LogP contribution is 2.26. The number of sulfonamides is 1. The van der Waals surface area contributed by atoms with E-state index in [2.05, 4.69) is 21.2 Å². The Hall–Kier alpha value is -0.280. The molecule has 1 atom stereocenters. The van der Waals surface area contributed by atoms with E-state index < -0.39 is 26.6 Å². The third kappa shape index (κ3) is 3.30. The Morgan fingerprint density at radius 2 is 2.00 bits per heavy atom. The zero-order valence-corrected chi connectivity index (χ0v) is 13.8. The quantitative estimate of drug-likeness (QED) is 0.786. The molecule has 1 aliphatic heterocycles. The molecule has 1 unspecified atom stereocenters. The lowest BCUT2D eigenvalue weighted by Crippen LogP contribution is -2.52. The maximum Gasteiger partial charge on any atom is 0.246 e. The van der Waals surface area contributed by atoms with Gasteiger partial charge in [0.15, 0.2) is 0 Å². The Labute approximate surface area is 131 Å². The van der Waals surface area contributed by atoms with Crippen LogP contribution < -0.4 is 5.32 Å². The van der Waals surface area contributed by atoms with E-state index in [1.807, 2.05) is 0 Å². The molecular weight excluding hydrogens is 378 g/mol. The van der Waals surface area contributed by atoms with Gasteiger partial charge in [-0.2, -0.15) is 4.31 Å². The average Bonchev–Trinajstić information content (AvgIpc) is 2.34. The minimum Gasteiger partial charge on any atom is -0.314 e. The second-order valence-electron chi connectivity index (χ2n) is 4.37. The van der Waals surface area contributed by atoms with E-state index in [4.69, 9.17) is 0 Å². The van der Waals surface area contributed by atoms with Crippen molar-refractivity contribution in [3.63, 3.8) is 0 Å². The van der Waals surface area contributed by atoms with E-state index in [1.54, 1.807) is 6.92 Å². The average molecular weight is 392 g/mol. The standard InChI is InChI=1S/C11H13BrF2N2O2S.ClH/c1-7-6-15-2-3-16(7)19(17,18)11-5-9(13)8(12)4-10(11)14;/h4-5,7,15H,2-3,6H2,1H3;1H. The molecule has 114 valence electrons. The summed E-state index contributed by atoms with van der Waals surface area (Å²) in [5.41, 5.74) is 0. The summed E-state index contributed by atoms with van der Waals surface area (Å²) in [7, 11) is -4.02. The molecule has 0 aromatic heterocycles. The molecule has 0 amide bonds. The van der Waals surface area contributed by atoms with Crippen LogP contribution in [0.25, 0.3) is 0 Å². The van der Waals surface area contributed by atoms with Crippen molar-refractivity contribution in [1.82, 2.24) is 9.62 Å². The topological polar surface area (TPSA) is 49.4 Å². The molecule has 0 bridgehead atoms. The van der Waals surface area contributed by atoms with Crippen LogP contribution in [0.3, 0.4) is 0 Å². The molecule has 9 heteroatoms. The molecule has 4 nitrogen and oxygen atoms in total. The fourth-order valence-electron chi connectivity index (χ4n) is 2.01. The Balaban J connectivity index is 0.00000200. The van der Waals surface area contributed by atoms with Crippen LogP contribution in [0.1, 0.15) is 6.92 Å². The molecule has 1 aliphatic rings. The van der Waals surface area contributed by atoms with Gasteiger partial charge in [-0.3, -0.25) is 0 Å². The number of rotatable bonds is 2. The highest BCUT2D eigenvalue weighted by Gasteiger charge is 2.33. The van der Waals surface area contributed by atoms with Crippen LogP contribution in [0, 0.1) is 11.6 Å². The molecule has 0 radical (unpaired) electrons. The maximum absolute atomic E-state index is 13.8. The van der Waals surface area contributed by atoms with Gasteiger partial charge >= 0.3 is 0 Å². The number of piperazine rings is 1. The molecule has 1 aromatic rings. The summed E-state index contributed by atoms with van der Waals surface area (Å²) in [5, 5.41) is 3.04. The first-order chi connectivity index (χ1) is 8.84. The minimum atomic E-state index is -4.02. The molecule has 1 heterocycles. The molecule has 1 N–H and O–H groups in total. The molecule has 1 aromatic carbocycles. The Kier molecular flexibility index (Phi) is 5.91. The SMILES string of the molecule is CC1CNCCN1S(=O)(=O)c1cc(F)c(Br)cc1F.Cl. The van der Waals surface area contributed by atoms with E-state index in [0.717, 1.165) is 6.07 Å². The molecule has 0 aliphatic carbocycles. The van der Waals surface area contributed by atoms with Crippen molar-refractivity contribution in [1.29, 1.82) is 0 Å². The molecule has 20 heavy (non-hydrogen) atoms. The monoisotopic (exact) mass is 390 g/mol. The summed E-state index contributed by atoms with van der Waals surface area (Å²) in [6.45, 7) is 2.93. The van der Waals surface area contributed by atoms with Crippen molar-refractivity contribution in [2.75, 3.05) is 19.6 Å². The highest BCUT2D eigenvalue weighted by molar-refractivity contribution is 9.10. The third-order valence-corrected chi connectivity index (χ3v) is 5.64. The Bertz CT molecular complexity index is 600. The fraction of sp³-hybridized carbons (Fsp3) is 0.455. The van der Waals surface area contributed by atoms with Crippen LogP contribution in [-0.4, -0.2) is 38.4 Å². The van der Waals surface area contributed by atoms with E-state index in [9.17, 15) is 17.2 Å². The van der Waals surface area contributed by atoms with Crippen LogP contribution in [-0.2, 0) is 10.0 Å². The molecule has 2 rings (SSSR count). The Morgan fingerprint density at radius 1 is 1.35 bits per heavy atom. The zero-order chi connectivity index (χ0) is 14.2. The summed E-state index contributed by atoms with van der Waals surface area (Å²) in [4.78, 5) is -0.623. The maximum atomic E-state index is 13.8. The number of nitrogens with one attached hydrogen (secondary N) is 1. The predicted octanol–water partition coefficient (Wildman–Crippen LogP) is 2.13. The van der Waals surface area contributed by atoms with Crippen molar-refractivity contribution in [3.05, 3.63) is 28.2 Å². The second kappa shape index (κ2) is 6.65. The van der Waals surface area contributed by atoms with Crippen LogP contribution in [0.2, 0.25) is 0 Å². The second-order valence-corrected chi connectivity index (χ2v) is 7.08. The fourth-order valence-corrected chi connectivity index (χ4v) is 4.01. The lowest BCUT2D eigenvalue weighted by molar-refractivity contribution is 0.282. The van der Waals surface area contributed by atoms with Crippen molar-refractivity contribution < 1.29 is 17.2 Å². The van der Waals surface area contributed by atoms with E-state index in [-0.39, 0.29) is 29.5 Å². The number of hydrogen-bond acceptors (Lipinski definition) is 3. The predicted molar refractivity (Wildman–Crippen MR) is 77.5 cm³/mol. The number of benzene rings is 1. The van der Waals surface area contributed by atoms with Gasteiger partial charge < -0.3 is 5.32 Å². The zero-order valence-electron chi connectivity index (χ0n) is 10.6. The van der Waals surface area contributed by atoms with Crippen molar-refractivity contribution in [2.45, 2.75) is 17.9 Å². The number of hydrogen-bond donors (Lipinski definition) is 1. The van der Waals surface area contributed by atoms with Crippen molar-refractivity contribution >= 4 is 38.4 Å². The van der Waals surface area contributed by atoms with Gasteiger partial charge in [-0.15, -0.1) is 12.4 Å². The molecule has 1 fully saturated rings. The summed E-state index contributed by atoms with van der Waals surface area (Å²) in [5.74, 6) is -1.76. The first-order valence-electron chi connectivity index (χ1n) is 5.71. The third-order valence-electron chi connectivity index (χ3n) is 3.00. The first-order valence-corrected chi connectivity index (χ1v) is 7.94. The van der Waals surface area contributed by atoms with Crippen molar-refractivity contribution in [2.24, 2.45) is 0 Å². The lowest BCUT2D eigenvalue weighted by Gasteiger charge is -2.32. The van der Waals surface area contributed by atoms with Gasteiger partial charge in [0.25, 0.3) is 0 Å². The molecule has 0 spiro atoms. The largest absolute Gasteiger partial charge is 0.314 e. The minimum absolute atomic E-state index is 0. The van der Waals surface area contributed by atoms with Crippen LogP contribution >= 0.6 is 28.3 Å². The van der Waals surface area contributed by atoms with E-state index in [0.29, 0.717) is 19.2 Å². The molecule has 1 saturated heterocycles. The van der Waals surface area contributed by atoms with Gasteiger partial charge in [0.2, 0.25) is 10.0 Å². The van der Waals surface area contributed by atoms with Gasteiger partial charge in [0, 0.05) is 25.7 Å². The van der Waals surface area contributed by atoms with E-state index in [1.165, 1.54) is 4.31 Å². The highest BCUT2D eigenvalue weighted by atomic mass is 79.9. The normalized spacial score (nSPS) is 20.5. The molecule has 0 saturated carbocycles.